The number of carbonyl (C=O) groups excluding carboxylic acids is 3. The Kier molecular flexibility index (Phi) is 3.68. The van der Waals surface area contributed by atoms with Crippen molar-refractivity contribution in [1.82, 2.24) is 10.2 Å². The Balaban J connectivity index is 2.03. The number of hydrogen-bond donors (Lipinski definition) is 1. The Bertz CT molecular complexity index is 354. The number of nitrogens with one attached hydrogen (secondary N) is 1. The van der Waals surface area contributed by atoms with Gasteiger partial charge in [0.25, 0.3) is 0 Å². The van der Waals surface area contributed by atoms with Gasteiger partial charge in [0, 0.05) is 6.04 Å². The van der Waals surface area contributed by atoms with Crippen LogP contribution in [0.4, 0.5) is 0 Å². The van der Waals surface area contributed by atoms with E-state index in [1.54, 1.807) is 0 Å². The third-order valence-corrected chi connectivity index (χ3v) is 3.68. The molecule has 2 aliphatic rings. The van der Waals surface area contributed by atoms with Gasteiger partial charge in [-0.1, -0.05) is 12.8 Å². The molecule has 2 rings (SSSR count). The predicted molar refractivity (Wildman–Crippen MR) is 65.4 cm³/mol. The lowest BCUT2D eigenvalue weighted by atomic mass is 9.81. The van der Waals surface area contributed by atoms with Gasteiger partial charge in [-0.3, -0.25) is 19.3 Å². The van der Waals surface area contributed by atoms with E-state index >= 15 is 0 Å². The molecular weight excluding hydrogens is 232 g/mol. The zero-order valence-electron chi connectivity index (χ0n) is 10.9. The second-order valence-electron chi connectivity index (χ2n) is 5.48. The van der Waals surface area contributed by atoms with Gasteiger partial charge < -0.3 is 5.32 Å². The molecule has 0 radical (unpaired) electrons. The van der Waals surface area contributed by atoms with E-state index in [4.69, 9.17) is 0 Å². The second-order valence-corrected chi connectivity index (χ2v) is 5.48. The third-order valence-electron chi connectivity index (χ3n) is 3.68. The van der Waals surface area contributed by atoms with Crippen LogP contribution in [0.3, 0.4) is 0 Å². The highest BCUT2D eigenvalue weighted by Crippen LogP contribution is 2.37. The standard InChI is InChI=1S/C13H20N2O3/c1-8(2)14-11(16)7-15-12(17)9-5-3-4-6-10(9)13(15)18/h8-10H,3-7H2,1-2H3,(H,14,16). The molecule has 0 aromatic carbocycles. The number of rotatable bonds is 3. The minimum absolute atomic E-state index is 0.0209. The highest BCUT2D eigenvalue weighted by molar-refractivity contribution is 6.07. The molecule has 2 atom stereocenters. The van der Waals surface area contributed by atoms with Crippen LogP contribution < -0.4 is 5.32 Å². The Labute approximate surface area is 107 Å². The highest BCUT2D eigenvalue weighted by atomic mass is 16.2. The first-order chi connectivity index (χ1) is 8.50. The van der Waals surface area contributed by atoms with Crippen molar-refractivity contribution in [2.75, 3.05) is 6.54 Å². The van der Waals surface area contributed by atoms with Gasteiger partial charge in [-0.05, 0) is 26.7 Å². The summed E-state index contributed by atoms with van der Waals surface area (Å²) in [4.78, 5) is 37.0. The zero-order chi connectivity index (χ0) is 13.3. The summed E-state index contributed by atoms with van der Waals surface area (Å²) >= 11 is 0. The maximum Gasteiger partial charge on any atom is 0.240 e. The molecule has 0 aromatic heterocycles. The van der Waals surface area contributed by atoms with Gasteiger partial charge in [0.2, 0.25) is 17.7 Å². The molecular formula is C13H20N2O3. The zero-order valence-corrected chi connectivity index (χ0v) is 10.9. The third kappa shape index (κ3) is 2.40. The molecule has 5 heteroatoms. The van der Waals surface area contributed by atoms with Crippen molar-refractivity contribution in [3.05, 3.63) is 0 Å². The first-order valence-corrected chi connectivity index (χ1v) is 6.65. The van der Waals surface area contributed by atoms with Crippen LogP contribution in [0.2, 0.25) is 0 Å². The van der Waals surface area contributed by atoms with Crippen molar-refractivity contribution < 1.29 is 14.4 Å². The van der Waals surface area contributed by atoms with E-state index in [2.05, 4.69) is 5.32 Å². The van der Waals surface area contributed by atoms with Gasteiger partial charge in [-0.2, -0.15) is 0 Å². The van der Waals surface area contributed by atoms with E-state index in [9.17, 15) is 14.4 Å². The van der Waals surface area contributed by atoms with E-state index in [0.29, 0.717) is 0 Å². The minimum atomic E-state index is -0.259. The molecule has 1 N–H and O–H groups in total. The lowest BCUT2D eigenvalue weighted by Crippen LogP contribution is -2.43. The summed E-state index contributed by atoms with van der Waals surface area (Å²) in [5, 5.41) is 2.71. The Hall–Kier alpha value is -1.39. The van der Waals surface area contributed by atoms with Crippen LogP contribution in [-0.2, 0) is 14.4 Å². The smallest absolute Gasteiger partial charge is 0.240 e. The van der Waals surface area contributed by atoms with E-state index < -0.39 is 0 Å². The average molecular weight is 252 g/mol. The molecule has 1 aliphatic carbocycles. The number of likely N-dealkylation sites (tertiary alicyclic amines) is 1. The normalized spacial score (nSPS) is 27.6. The van der Waals surface area contributed by atoms with Crippen LogP contribution in [0.25, 0.3) is 0 Å². The fourth-order valence-electron chi connectivity index (χ4n) is 2.90. The quantitative estimate of drug-likeness (QED) is 0.751. The molecule has 0 bridgehead atoms. The van der Waals surface area contributed by atoms with E-state index in [0.717, 1.165) is 30.6 Å². The summed E-state index contributed by atoms with van der Waals surface area (Å²) in [5.74, 6) is -0.895. The number of nitrogens with zero attached hydrogens (tertiary/aromatic N) is 1. The molecule has 100 valence electrons. The lowest BCUT2D eigenvalue weighted by Gasteiger charge is -2.19. The summed E-state index contributed by atoms with van der Waals surface area (Å²) in [6.45, 7) is 3.58. The molecule has 18 heavy (non-hydrogen) atoms. The predicted octanol–water partition coefficient (Wildman–Crippen LogP) is 0.686. The number of imide groups is 1. The van der Waals surface area contributed by atoms with Crippen molar-refractivity contribution in [3.63, 3.8) is 0 Å². The van der Waals surface area contributed by atoms with Gasteiger partial charge in [0.05, 0.1) is 11.8 Å². The number of amides is 3. The van der Waals surface area contributed by atoms with Gasteiger partial charge in [-0.15, -0.1) is 0 Å². The molecule has 0 spiro atoms. The molecule has 1 aliphatic heterocycles. The molecule has 1 saturated heterocycles. The molecule has 5 nitrogen and oxygen atoms in total. The van der Waals surface area contributed by atoms with Crippen LogP contribution in [0.5, 0.6) is 0 Å². The summed E-state index contributed by atoms with van der Waals surface area (Å²) in [5.41, 5.74) is 0. The maximum atomic E-state index is 12.1. The van der Waals surface area contributed by atoms with Gasteiger partial charge in [0.1, 0.15) is 6.54 Å². The molecule has 1 saturated carbocycles. The average Bonchev–Trinajstić information content (AvgIpc) is 2.54. The van der Waals surface area contributed by atoms with Crippen LogP contribution >= 0.6 is 0 Å². The van der Waals surface area contributed by atoms with Crippen LogP contribution in [0.1, 0.15) is 39.5 Å². The van der Waals surface area contributed by atoms with Crippen molar-refractivity contribution in [1.29, 1.82) is 0 Å². The van der Waals surface area contributed by atoms with Crippen molar-refractivity contribution in [2.45, 2.75) is 45.6 Å². The van der Waals surface area contributed by atoms with E-state index in [1.165, 1.54) is 0 Å². The van der Waals surface area contributed by atoms with Crippen molar-refractivity contribution >= 4 is 17.7 Å². The lowest BCUT2D eigenvalue weighted by molar-refractivity contribution is -0.143. The highest BCUT2D eigenvalue weighted by Gasteiger charge is 2.48. The van der Waals surface area contributed by atoms with E-state index in [1.807, 2.05) is 13.8 Å². The van der Waals surface area contributed by atoms with Gasteiger partial charge in [-0.25, -0.2) is 0 Å². The largest absolute Gasteiger partial charge is 0.352 e. The summed E-state index contributed by atoms with van der Waals surface area (Å²) in [6.07, 6.45) is 3.59. The first-order valence-electron chi connectivity index (χ1n) is 6.65. The number of fused-ring (bicyclic) bond motifs is 1. The molecule has 1 heterocycles. The second kappa shape index (κ2) is 5.08. The van der Waals surface area contributed by atoms with Crippen LogP contribution in [-0.4, -0.2) is 35.2 Å². The molecule has 0 aromatic rings. The fourth-order valence-corrected chi connectivity index (χ4v) is 2.90. The van der Waals surface area contributed by atoms with Crippen molar-refractivity contribution in [2.24, 2.45) is 11.8 Å². The first kappa shape index (κ1) is 13.1. The minimum Gasteiger partial charge on any atom is -0.352 e. The fraction of sp³-hybridized carbons (Fsp3) is 0.769. The van der Waals surface area contributed by atoms with E-state index in [-0.39, 0.29) is 42.1 Å². The van der Waals surface area contributed by atoms with Crippen LogP contribution in [0.15, 0.2) is 0 Å². The summed E-state index contributed by atoms with van der Waals surface area (Å²) in [6, 6.07) is 0.0209. The van der Waals surface area contributed by atoms with Gasteiger partial charge in [0.15, 0.2) is 0 Å². The molecule has 3 amide bonds. The maximum absolute atomic E-state index is 12.1. The summed E-state index contributed by atoms with van der Waals surface area (Å²) < 4.78 is 0. The van der Waals surface area contributed by atoms with Gasteiger partial charge >= 0.3 is 0 Å². The van der Waals surface area contributed by atoms with Crippen molar-refractivity contribution in [3.8, 4) is 0 Å². The molecule has 2 fully saturated rings. The Morgan fingerprint density at radius 1 is 1.22 bits per heavy atom. The molecule has 2 unspecified atom stereocenters. The Morgan fingerprint density at radius 2 is 1.72 bits per heavy atom. The van der Waals surface area contributed by atoms with Crippen LogP contribution in [0, 0.1) is 11.8 Å². The monoisotopic (exact) mass is 252 g/mol. The SMILES string of the molecule is CC(C)NC(=O)CN1C(=O)C2CCCCC2C1=O. The summed E-state index contributed by atoms with van der Waals surface area (Å²) in [7, 11) is 0. The number of hydrogen-bond acceptors (Lipinski definition) is 3. The Morgan fingerprint density at radius 3 is 2.17 bits per heavy atom. The number of carbonyl (C=O) groups is 3. The topological polar surface area (TPSA) is 66.5 Å².